The summed E-state index contributed by atoms with van der Waals surface area (Å²) in [6.45, 7) is 2.28. The predicted octanol–water partition coefficient (Wildman–Crippen LogP) is 3.29. The van der Waals surface area contributed by atoms with Crippen LogP contribution in [0.2, 0.25) is 0 Å². The molecule has 0 saturated heterocycles. The van der Waals surface area contributed by atoms with Crippen molar-refractivity contribution in [3.8, 4) is 5.75 Å². The number of hydrogen-bond acceptors (Lipinski definition) is 4. The van der Waals surface area contributed by atoms with E-state index in [1.807, 2.05) is 31.2 Å². The highest BCUT2D eigenvalue weighted by atomic mass is 79.9. The Balaban J connectivity index is 2.08. The Bertz CT molecular complexity index is 513. The molecule has 0 fully saturated rings. The van der Waals surface area contributed by atoms with Gasteiger partial charge in [0.2, 0.25) is 0 Å². The molecule has 5 heteroatoms. The maximum atomic E-state index is 9.20. The van der Waals surface area contributed by atoms with E-state index in [0.29, 0.717) is 18.1 Å². The second-order valence-corrected chi connectivity index (χ2v) is 6.10. The van der Waals surface area contributed by atoms with Gasteiger partial charge < -0.3 is 9.84 Å². The van der Waals surface area contributed by atoms with Crippen molar-refractivity contribution in [2.45, 2.75) is 20.1 Å². The number of aryl methyl sites for hydroxylation is 1. The zero-order valence-corrected chi connectivity index (χ0v) is 11.7. The Morgan fingerprint density at radius 3 is 2.82 bits per heavy atom. The van der Waals surface area contributed by atoms with Gasteiger partial charge in [-0.3, -0.25) is 4.98 Å². The van der Waals surface area contributed by atoms with E-state index in [1.165, 1.54) is 0 Å². The maximum Gasteiger partial charge on any atom is 0.143 e. The molecule has 2 aromatic rings. The number of ether oxygens (including phenoxy) is 1. The van der Waals surface area contributed by atoms with Crippen molar-refractivity contribution in [2.75, 3.05) is 0 Å². The van der Waals surface area contributed by atoms with Gasteiger partial charge in [0.05, 0.1) is 10.4 Å². The van der Waals surface area contributed by atoms with E-state index in [1.54, 1.807) is 11.3 Å². The zero-order valence-electron chi connectivity index (χ0n) is 9.31. The number of thiophene rings is 1. The number of aromatic nitrogens is 1. The minimum absolute atomic E-state index is 0.106. The maximum absolute atomic E-state index is 9.20. The van der Waals surface area contributed by atoms with E-state index in [9.17, 15) is 5.11 Å². The fraction of sp³-hybridized carbons (Fsp3) is 0.250. The van der Waals surface area contributed by atoms with E-state index in [4.69, 9.17) is 4.74 Å². The minimum atomic E-state index is -0.106. The van der Waals surface area contributed by atoms with Crippen LogP contribution in [0.4, 0.5) is 0 Å². The molecule has 0 amide bonds. The molecule has 0 aromatic carbocycles. The molecule has 2 heterocycles. The van der Waals surface area contributed by atoms with Crippen LogP contribution in [0.25, 0.3) is 0 Å². The number of halogens is 1. The normalized spacial score (nSPS) is 10.5. The Labute approximate surface area is 112 Å². The van der Waals surface area contributed by atoms with Crippen LogP contribution in [-0.2, 0) is 13.2 Å². The Morgan fingerprint density at radius 2 is 2.18 bits per heavy atom. The lowest BCUT2D eigenvalue weighted by Crippen LogP contribution is -2.00. The van der Waals surface area contributed by atoms with Crippen LogP contribution in [-0.4, -0.2) is 10.1 Å². The fourth-order valence-electron chi connectivity index (χ4n) is 1.42. The highest BCUT2D eigenvalue weighted by Crippen LogP contribution is 2.24. The van der Waals surface area contributed by atoms with Gasteiger partial charge in [-0.1, -0.05) is 0 Å². The van der Waals surface area contributed by atoms with E-state index in [-0.39, 0.29) is 6.61 Å². The van der Waals surface area contributed by atoms with Crippen LogP contribution >= 0.6 is 27.3 Å². The molecule has 0 unspecified atom stereocenters. The van der Waals surface area contributed by atoms with Gasteiger partial charge in [-0.15, -0.1) is 11.3 Å². The van der Waals surface area contributed by atoms with Gasteiger partial charge >= 0.3 is 0 Å². The molecule has 3 nitrogen and oxygen atoms in total. The lowest BCUT2D eigenvalue weighted by molar-refractivity contribution is 0.254. The second-order valence-electron chi connectivity index (χ2n) is 3.55. The van der Waals surface area contributed by atoms with Crippen molar-refractivity contribution in [1.82, 2.24) is 4.98 Å². The number of pyridine rings is 1. The van der Waals surface area contributed by atoms with Crippen LogP contribution in [0.5, 0.6) is 5.75 Å². The largest absolute Gasteiger partial charge is 0.486 e. The number of nitrogens with zero attached hydrogens (tertiary/aromatic N) is 1. The van der Waals surface area contributed by atoms with Gasteiger partial charge in [-0.2, -0.15) is 0 Å². The van der Waals surface area contributed by atoms with Crippen molar-refractivity contribution in [2.24, 2.45) is 0 Å². The van der Waals surface area contributed by atoms with Crippen molar-refractivity contribution in [3.63, 3.8) is 0 Å². The summed E-state index contributed by atoms with van der Waals surface area (Å²) < 4.78 is 6.73. The Kier molecular flexibility index (Phi) is 4.15. The third-order valence-corrected chi connectivity index (χ3v) is 3.82. The summed E-state index contributed by atoms with van der Waals surface area (Å²) in [7, 11) is 0. The summed E-state index contributed by atoms with van der Waals surface area (Å²) in [6.07, 6.45) is 0. The molecule has 0 saturated carbocycles. The van der Waals surface area contributed by atoms with E-state index >= 15 is 0 Å². The Morgan fingerprint density at radius 1 is 1.35 bits per heavy atom. The van der Waals surface area contributed by atoms with Crippen LogP contribution < -0.4 is 4.74 Å². The fourth-order valence-corrected chi connectivity index (χ4v) is 2.82. The molecule has 0 spiro atoms. The quantitative estimate of drug-likeness (QED) is 0.942. The lowest BCUT2D eigenvalue weighted by atomic mass is 10.3. The number of aliphatic hydroxyl groups excluding tert-OH is 1. The molecular formula is C12H12BrNO2S. The standard InChI is InChI=1S/C12H12BrNO2S/c1-8-2-4-11(10(6-15)14-8)16-7-9-3-5-12(13)17-9/h2-5,15H,6-7H2,1H3. The SMILES string of the molecule is Cc1ccc(OCc2ccc(Br)s2)c(CO)n1. The summed E-state index contributed by atoms with van der Waals surface area (Å²) in [6, 6.07) is 7.72. The predicted molar refractivity (Wildman–Crippen MR) is 71.2 cm³/mol. The van der Waals surface area contributed by atoms with Crippen molar-refractivity contribution in [3.05, 3.63) is 44.3 Å². The average molecular weight is 314 g/mol. The monoisotopic (exact) mass is 313 g/mol. The van der Waals surface area contributed by atoms with E-state index < -0.39 is 0 Å². The van der Waals surface area contributed by atoms with E-state index in [0.717, 1.165) is 14.4 Å². The van der Waals surface area contributed by atoms with Gasteiger partial charge in [-0.05, 0) is 47.1 Å². The number of rotatable bonds is 4. The molecule has 2 rings (SSSR count). The molecule has 0 aliphatic heterocycles. The zero-order chi connectivity index (χ0) is 12.3. The molecule has 2 aromatic heterocycles. The molecule has 0 atom stereocenters. The Hall–Kier alpha value is -0.910. The van der Waals surface area contributed by atoms with Gasteiger partial charge in [-0.25, -0.2) is 0 Å². The van der Waals surface area contributed by atoms with Gasteiger partial charge in [0.1, 0.15) is 18.1 Å². The highest BCUT2D eigenvalue weighted by molar-refractivity contribution is 9.11. The summed E-state index contributed by atoms with van der Waals surface area (Å²) in [5.74, 6) is 0.641. The molecule has 0 radical (unpaired) electrons. The summed E-state index contributed by atoms with van der Waals surface area (Å²) in [5.41, 5.74) is 1.46. The van der Waals surface area contributed by atoms with Crippen LogP contribution in [0.15, 0.2) is 28.1 Å². The average Bonchev–Trinajstić information content (AvgIpc) is 2.73. The third kappa shape index (κ3) is 3.28. The number of hydrogen-bond donors (Lipinski definition) is 1. The first kappa shape index (κ1) is 12.5. The smallest absolute Gasteiger partial charge is 0.143 e. The second kappa shape index (κ2) is 5.62. The van der Waals surface area contributed by atoms with Crippen LogP contribution in [0.1, 0.15) is 16.3 Å². The molecule has 0 aliphatic carbocycles. The first-order chi connectivity index (χ1) is 8.19. The van der Waals surface area contributed by atoms with Crippen molar-refractivity contribution in [1.29, 1.82) is 0 Å². The molecule has 90 valence electrons. The van der Waals surface area contributed by atoms with Gasteiger partial charge in [0.15, 0.2) is 0 Å². The van der Waals surface area contributed by atoms with Crippen LogP contribution in [0, 0.1) is 6.92 Å². The van der Waals surface area contributed by atoms with Crippen molar-refractivity contribution >= 4 is 27.3 Å². The van der Waals surface area contributed by atoms with Gasteiger partial charge in [0.25, 0.3) is 0 Å². The molecule has 1 N–H and O–H groups in total. The van der Waals surface area contributed by atoms with Gasteiger partial charge in [0, 0.05) is 10.6 Å². The number of aliphatic hydroxyl groups is 1. The molecule has 0 bridgehead atoms. The summed E-state index contributed by atoms with van der Waals surface area (Å²) >= 11 is 5.04. The topological polar surface area (TPSA) is 42.4 Å². The van der Waals surface area contributed by atoms with E-state index in [2.05, 4.69) is 20.9 Å². The highest BCUT2D eigenvalue weighted by Gasteiger charge is 2.06. The first-order valence-electron chi connectivity index (χ1n) is 5.13. The lowest BCUT2D eigenvalue weighted by Gasteiger charge is -2.08. The third-order valence-electron chi connectivity index (χ3n) is 2.22. The molecule has 0 aliphatic rings. The molecule has 17 heavy (non-hydrogen) atoms. The minimum Gasteiger partial charge on any atom is -0.486 e. The van der Waals surface area contributed by atoms with Crippen LogP contribution in [0.3, 0.4) is 0 Å². The summed E-state index contributed by atoms with van der Waals surface area (Å²) in [4.78, 5) is 5.35. The first-order valence-corrected chi connectivity index (χ1v) is 6.74. The van der Waals surface area contributed by atoms with Crippen molar-refractivity contribution < 1.29 is 9.84 Å². The summed E-state index contributed by atoms with van der Waals surface area (Å²) in [5, 5.41) is 9.20. The molecular weight excluding hydrogens is 302 g/mol.